The van der Waals surface area contributed by atoms with Gasteiger partial charge in [0.2, 0.25) is 0 Å². The first-order chi connectivity index (χ1) is 35.2. The molecular weight excluding hydrogens is 855 g/mol. The van der Waals surface area contributed by atoms with Gasteiger partial charge in [-0.25, -0.2) is 0 Å². The van der Waals surface area contributed by atoms with Crippen molar-refractivity contribution >= 4 is 32.3 Å². The third-order valence-electron chi connectivity index (χ3n) is 18.7. The Morgan fingerprint density at radius 3 is 1.56 bits per heavy atom. The first-order valence-corrected chi connectivity index (χ1v) is 26.1. The number of hydrogen-bond acceptors (Lipinski definition) is 1. The molecule has 5 aliphatic rings. The van der Waals surface area contributed by atoms with Crippen LogP contribution in [-0.4, -0.2) is 4.98 Å². The molecule has 71 heavy (non-hydrogen) atoms. The number of fused-ring (bicyclic) bond motifs is 10. The fourth-order valence-corrected chi connectivity index (χ4v) is 16.1. The summed E-state index contributed by atoms with van der Waals surface area (Å²) in [5, 5.41) is 7.36. The average Bonchev–Trinajstić information content (AvgIpc) is 3.98. The summed E-state index contributed by atoms with van der Waals surface area (Å²) in [6, 6.07) is 81.8. The smallest absolute Gasteiger partial charge is 0.0713 e. The van der Waals surface area contributed by atoms with E-state index in [4.69, 9.17) is 0 Å². The molecule has 1 spiro atoms. The Hall–Kier alpha value is -7.87. The quantitative estimate of drug-likeness (QED) is 0.157. The van der Waals surface area contributed by atoms with E-state index >= 15 is 0 Å². The van der Waals surface area contributed by atoms with E-state index in [9.17, 15) is 0 Å². The predicted molar refractivity (Wildman–Crippen MR) is 294 cm³/mol. The molecule has 1 heteroatoms. The van der Waals surface area contributed by atoms with Crippen molar-refractivity contribution in [1.29, 1.82) is 0 Å². The van der Waals surface area contributed by atoms with Crippen LogP contribution in [0.3, 0.4) is 0 Å². The van der Waals surface area contributed by atoms with Crippen molar-refractivity contribution in [1.82, 2.24) is 4.98 Å². The Morgan fingerprint density at radius 2 is 0.901 bits per heavy atom. The van der Waals surface area contributed by atoms with Gasteiger partial charge in [-0.1, -0.05) is 182 Å². The molecule has 11 aromatic rings. The number of rotatable bonds is 5. The van der Waals surface area contributed by atoms with Crippen molar-refractivity contribution in [3.8, 4) is 55.6 Å². The summed E-state index contributed by atoms with van der Waals surface area (Å²) >= 11 is 0. The summed E-state index contributed by atoms with van der Waals surface area (Å²) < 4.78 is 0. The van der Waals surface area contributed by atoms with Gasteiger partial charge in [-0.2, -0.15) is 0 Å². The molecule has 0 N–H and O–H groups in total. The minimum absolute atomic E-state index is 0.124. The van der Waals surface area contributed by atoms with Gasteiger partial charge < -0.3 is 0 Å². The van der Waals surface area contributed by atoms with Gasteiger partial charge >= 0.3 is 0 Å². The van der Waals surface area contributed by atoms with Crippen molar-refractivity contribution in [3.05, 3.63) is 258 Å². The summed E-state index contributed by atoms with van der Waals surface area (Å²) in [4.78, 5) is 4.49. The van der Waals surface area contributed by atoms with Gasteiger partial charge in [0.15, 0.2) is 0 Å². The van der Waals surface area contributed by atoms with Crippen LogP contribution in [0, 0.1) is 23.7 Å². The second-order valence-corrected chi connectivity index (χ2v) is 21.7. The molecule has 5 atom stereocenters. The van der Waals surface area contributed by atoms with Crippen LogP contribution in [0.15, 0.2) is 225 Å². The van der Waals surface area contributed by atoms with Crippen LogP contribution in [0.2, 0.25) is 0 Å². The normalized spacial score (nSPS) is 21.7. The molecule has 3 fully saturated rings. The lowest BCUT2D eigenvalue weighted by atomic mass is 9.50. The molecule has 5 aliphatic carbocycles. The van der Waals surface area contributed by atoms with E-state index in [0.717, 1.165) is 29.1 Å². The molecule has 0 aliphatic heterocycles. The van der Waals surface area contributed by atoms with E-state index < -0.39 is 5.41 Å². The lowest BCUT2D eigenvalue weighted by Crippen LogP contribution is -2.48. The Labute approximate surface area is 415 Å². The fraction of sp³-hybridized carbons (Fsp3) is 0.157. The molecule has 336 valence electrons. The zero-order chi connectivity index (χ0) is 46.4. The van der Waals surface area contributed by atoms with Crippen LogP contribution in [0.1, 0.15) is 65.5 Å². The monoisotopic (exact) mass is 905 g/mol. The van der Waals surface area contributed by atoms with Crippen LogP contribution < -0.4 is 0 Å². The Balaban J connectivity index is 0.919. The molecule has 5 unspecified atom stereocenters. The summed E-state index contributed by atoms with van der Waals surface area (Å²) in [6.07, 6.45) is 10.9. The average molecular weight is 906 g/mol. The molecule has 3 bridgehead atoms. The van der Waals surface area contributed by atoms with E-state index in [1.54, 1.807) is 11.1 Å². The standard InChI is InChI=1S/C70H51N/c1-3-13-51(14-4-1)69(52-15-5-2-6-16-52)64-39-45(46-26-30-55-54-17-11-12-22-62(54)70(66(55)40-46)53-29-25-47-35-43(36-53)37-63(47)70)27-31-56(64)57-32-28-49(41-65(57)69)68-60-20-9-7-18-58(60)67(59-19-8-10-21-61(59)68)48-24-23-44-33-34-71-42-50(44)38-48/h1-24,26-28,30-34,38-43,47,53,63H,25,29,35-37H2. The lowest BCUT2D eigenvalue weighted by Gasteiger charge is -2.52. The van der Waals surface area contributed by atoms with Gasteiger partial charge in [0.1, 0.15) is 0 Å². The van der Waals surface area contributed by atoms with E-state index in [0.29, 0.717) is 0 Å². The van der Waals surface area contributed by atoms with Crippen molar-refractivity contribution in [2.24, 2.45) is 23.7 Å². The van der Waals surface area contributed by atoms with E-state index in [1.807, 2.05) is 12.4 Å². The van der Waals surface area contributed by atoms with E-state index in [2.05, 4.69) is 217 Å². The fourth-order valence-electron chi connectivity index (χ4n) is 16.1. The van der Waals surface area contributed by atoms with Crippen LogP contribution in [0.25, 0.3) is 88.0 Å². The molecule has 0 radical (unpaired) electrons. The van der Waals surface area contributed by atoms with Crippen LogP contribution >= 0.6 is 0 Å². The summed E-state index contributed by atoms with van der Waals surface area (Å²) in [7, 11) is 0. The third kappa shape index (κ3) is 5.34. The number of nitrogens with zero attached hydrogens (tertiary/aromatic N) is 1. The zero-order valence-corrected chi connectivity index (χ0v) is 39.7. The highest BCUT2D eigenvalue weighted by atomic mass is 14.7. The topological polar surface area (TPSA) is 12.9 Å². The summed E-state index contributed by atoms with van der Waals surface area (Å²) in [6.45, 7) is 0. The van der Waals surface area contributed by atoms with Crippen molar-refractivity contribution in [3.63, 3.8) is 0 Å². The Kier molecular flexibility index (Phi) is 8.34. The number of benzene rings is 10. The molecule has 0 amide bonds. The molecule has 0 saturated heterocycles. The minimum atomic E-state index is -0.570. The van der Waals surface area contributed by atoms with Gasteiger partial charge in [-0.15, -0.1) is 0 Å². The highest BCUT2D eigenvalue weighted by Gasteiger charge is 2.63. The van der Waals surface area contributed by atoms with Crippen LogP contribution in [0.5, 0.6) is 0 Å². The van der Waals surface area contributed by atoms with Crippen LogP contribution in [-0.2, 0) is 10.8 Å². The second kappa shape index (κ2) is 14.8. The summed E-state index contributed by atoms with van der Waals surface area (Å²) in [5.74, 6) is 3.22. The molecule has 1 nitrogen and oxygen atoms in total. The molecule has 10 aromatic carbocycles. The largest absolute Gasteiger partial charge is 0.264 e. The van der Waals surface area contributed by atoms with E-state index in [-0.39, 0.29) is 5.41 Å². The Bertz CT molecular complexity index is 3920. The second-order valence-electron chi connectivity index (χ2n) is 21.7. The Morgan fingerprint density at radius 1 is 0.380 bits per heavy atom. The highest BCUT2D eigenvalue weighted by molar-refractivity contribution is 6.22. The van der Waals surface area contributed by atoms with Crippen molar-refractivity contribution < 1.29 is 0 Å². The van der Waals surface area contributed by atoms with Gasteiger partial charge in [-0.05, 0) is 202 Å². The van der Waals surface area contributed by atoms with Gasteiger partial charge in [0.25, 0.3) is 0 Å². The maximum Gasteiger partial charge on any atom is 0.0713 e. The molecule has 1 aromatic heterocycles. The van der Waals surface area contributed by atoms with Crippen LogP contribution in [0.4, 0.5) is 0 Å². The molecule has 1 heterocycles. The molecular formula is C70H51N. The molecule has 3 saturated carbocycles. The number of pyridine rings is 1. The minimum Gasteiger partial charge on any atom is -0.264 e. The number of aromatic nitrogens is 1. The SMILES string of the molecule is c1ccc(C2(c3ccccc3)c3cc(-c4ccc5c(c4)C4(c6ccccc6-5)C5CCC6CC(C5)CC64)ccc3-c3ccc(-c4c5ccccc5c(-c5ccc6ccncc6c5)c5ccccc45)cc32)cc1. The summed E-state index contributed by atoms with van der Waals surface area (Å²) in [5.41, 5.74) is 21.2. The third-order valence-corrected chi connectivity index (χ3v) is 18.7. The maximum absolute atomic E-state index is 4.49. The zero-order valence-electron chi connectivity index (χ0n) is 39.7. The van der Waals surface area contributed by atoms with Gasteiger partial charge in [-0.3, -0.25) is 4.98 Å². The van der Waals surface area contributed by atoms with Gasteiger partial charge in [0.05, 0.1) is 5.41 Å². The van der Waals surface area contributed by atoms with E-state index in [1.165, 1.54) is 137 Å². The highest BCUT2D eigenvalue weighted by Crippen LogP contribution is 2.71. The van der Waals surface area contributed by atoms with Gasteiger partial charge in [0, 0.05) is 23.2 Å². The number of hydrogen-bond donors (Lipinski definition) is 0. The van der Waals surface area contributed by atoms with Crippen molar-refractivity contribution in [2.75, 3.05) is 0 Å². The first kappa shape index (κ1) is 39.9. The first-order valence-electron chi connectivity index (χ1n) is 26.1. The maximum atomic E-state index is 4.49. The molecule has 16 rings (SSSR count). The van der Waals surface area contributed by atoms with Crippen molar-refractivity contribution in [2.45, 2.75) is 42.9 Å². The lowest BCUT2D eigenvalue weighted by molar-refractivity contribution is 0.0768. The predicted octanol–water partition coefficient (Wildman–Crippen LogP) is 17.6.